The highest BCUT2D eigenvalue weighted by Crippen LogP contribution is 2.52. The first-order valence-corrected chi connectivity index (χ1v) is 8.27. The van der Waals surface area contributed by atoms with Crippen LogP contribution in [-0.4, -0.2) is 22.5 Å². The summed E-state index contributed by atoms with van der Waals surface area (Å²) < 4.78 is 36.8. The van der Waals surface area contributed by atoms with E-state index in [1.807, 2.05) is 25.0 Å². The molecule has 0 aliphatic heterocycles. The zero-order chi connectivity index (χ0) is 17.5. The maximum absolute atomic E-state index is 12.3. The predicted octanol–water partition coefficient (Wildman–Crippen LogP) is 4.16. The molecule has 130 valence electrons. The van der Waals surface area contributed by atoms with Gasteiger partial charge in [0.05, 0.1) is 0 Å². The summed E-state index contributed by atoms with van der Waals surface area (Å²) in [6.07, 6.45) is -1.92. The number of benzene rings is 1. The minimum absolute atomic E-state index is 0.269. The predicted molar refractivity (Wildman–Crippen MR) is 84.5 cm³/mol. The Morgan fingerprint density at radius 3 is 2.75 bits per heavy atom. The van der Waals surface area contributed by atoms with E-state index >= 15 is 0 Å². The molecule has 3 rings (SSSR count). The van der Waals surface area contributed by atoms with Crippen molar-refractivity contribution < 1.29 is 23.4 Å². The molecule has 0 saturated heterocycles. The van der Waals surface area contributed by atoms with Gasteiger partial charge in [0, 0.05) is 11.3 Å². The van der Waals surface area contributed by atoms with Gasteiger partial charge in [-0.3, -0.25) is 0 Å². The molecule has 2 aliphatic rings. The van der Waals surface area contributed by atoms with Gasteiger partial charge >= 0.3 is 6.18 Å². The average molecular weight is 338 g/mol. The molecule has 0 bridgehead atoms. The van der Waals surface area contributed by atoms with Crippen molar-refractivity contribution in [3.05, 3.63) is 29.3 Å². The third-order valence-corrected chi connectivity index (χ3v) is 5.65. The zero-order valence-electron chi connectivity index (χ0n) is 13.5. The first-order valence-electron chi connectivity index (χ1n) is 8.27. The fourth-order valence-corrected chi connectivity index (χ4v) is 4.36. The van der Waals surface area contributed by atoms with E-state index in [9.17, 15) is 23.4 Å². The maximum Gasteiger partial charge on any atom is 0.457 e. The highest BCUT2D eigenvalue weighted by molar-refractivity contribution is 5.39. The Hall–Kier alpha value is -1.67. The van der Waals surface area contributed by atoms with Crippen molar-refractivity contribution in [3.63, 3.8) is 0 Å². The van der Waals surface area contributed by atoms with Gasteiger partial charge < -0.3 is 10.2 Å². The molecular formula is C19H21F3O2. The second kappa shape index (κ2) is 6.00. The van der Waals surface area contributed by atoms with Crippen LogP contribution < -0.4 is 0 Å². The van der Waals surface area contributed by atoms with Gasteiger partial charge in [-0.1, -0.05) is 18.9 Å². The number of rotatable bonds is 1. The summed E-state index contributed by atoms with van der Waals surface area (Å²) in [6, 6.07) is 5.46. The van der Waals surface area contributed by atoms with Gasteiger partial charge in [-0.15, -0.1) is 0 Å². The van der Waals surface area contributed by atoms with Crippen molar-refractivity contribution in [1.82, 2.24) is 0 Å². The summed E-state index contributed by atoms with van der Waals surface area (Å²) in [5.74, 6) is 4.17. The molecule has 4 atom stereocenters. The molecule has 0 amide bonds. The topological polar surface area (TPSA) is 40.5 Å². The third kappa shape index (κ3) is 3.39. The molecule has 2 N–H and O–H groups in total. The van der Waals surface area contributed by atoms with Gasteiger partial charge in [0.1, 0.15) is 11.9 Å². The quantitative estimate of drug-likeness (QED) is 0.755. The molecule has 24 heavy (non-hydrogen) atoms. The molecule has 0 spiro atoms. The summed E-state index contributed by atoms with van der Waals surface area (Å²) in [4.78, 5) is 0. The molecule has 5 heteroatoms. The minimum atomic E-state index is -4.57. The molecule has 1 aromatic rings. The smallest absolute Gasteiger partial charge is 0.457 e. The highest BCUT2D eigenvalue weighted by atomic mass is 19.4. The number of alkyl halides is 3. The third-order valence-electron chi connectivity index (χ3n) is 5.65. The fraction of sp³-hybridized carbons (Fsp3) is 0.579. The van der Waals surface area contributed by atoms with Crippen LogP contribution in [0.25, 0.3) is 0 Å². The maximum atomic E-state index is 12.3. The number of phenols is 1. The number of fused-ring (bicyclic) bond motifs is 3. The van der Waals surface area contributed by atoms with Crippen molar-refractivity contribution in [2.24, 2.45) is 11.3 Å². The minimum Gasteiger partial charge on any atom is -0.508 e. The fourth-order valence-electron chi connectivity index (χ4n) is 4.36. The summed E-state index contributed by atoms with van der Waals surface area (Å²) in [5, 5.41) is 19.8. The van der Waals surface area contributed by atoms with Crippen LogP contribution in [-0.2, 0) is 6.42 Å². The van der Waals surface area contributed by atoms with Crippen molar-refractivity contribution in [2.45, 2.75) is 57.2 Å². The van der Waals surface area contributed by atoms with Crippen molar-refractivity contribution in [1.29, 1.82) is 0 Å². The van der Waals surface area contributed by atoms with E-state index in [-0.39, 0.29) is 5.75 Å². The summed E-state index contributed by atoms with van der Waals surface area (Å²) in [6.45, 7) is 1.84. The lowest BCUT2D eigenvalue weighted by Gasteiger charge is -2.46. The first kappa shape index (κ1) is 17.2. The van der Waals surface area contributed by atoms with E-state index in [0.29, 0.717) is 24.7 Å². The number of halogens is 3. The number of aromatic hydroxyl groups is 1. The molecule has 2 nitrogen and oxygen atoms in total. The van der Waals surface area contributed by atoms with Crippen LogP contribution in [0.1, 0.15) is 49.7 Å². The van der Waals surface area contributed by atoms with E-state index in [0.717, 1.165) is 24.8 Å². The molecular weight excluding hydrogens is 317 g/mol. The largest absolute Gasteiger partial charge is 0.508 e. The molecule has 2 aliphatic carbocycles. The summed E-state index contributed by atoms with van der Waals surface area (Å²) in [5.41, 5.74) is 1.80. The second-order valence-corrected chi connectivity index (χ2v) is 7.35. The van der Waals surface area contributed by atoms with E-state index in [1.165, 1.54) is 11.5 Å². The van der Waals surface area contributed by atoms with Crippen molar-refractivity contribution in [3.8, 4) is 17.6 Å². The van der Waals surface area contributed by atoms with Gasteiger partial charge in [-0.25, -0.2) is 0 Å². The van der Waals surface area contributed by atoms with Crippen LogP contribution in [0.15, 0.2) is 18.2 Å². The zero-order valence-corrected chi connectivity index (χ0v) is 13.5. The van der Waals surface area contributed by atoms with Crippen LogP contribution in [0.3, 0.4) is 0 Å². The van der Waals surface area contributed by atoms with Gasteiger partial charge in [0.15, 0.2) is 0 Å². The van der Waals surface area contributed by atoms with Crippen molar-refractivity contribution >= 4 is 0 Å². The van der Waals surface area contributed by atoms with Crippen molar-refractivity contribution in [2.75, 3.05) is 0 Å². The molecule has 0 radical (unpaired) electrons. The monoisotopic (exact) mass is 338 g/mol. The Morgan fingerprint density at radius 2 is 2.04 bits per heavy atom. The normalized spacial score (nSPS) is 30.5. The SMILES string of the molecule is C[C@]1(C(O)C#CC(F)(F)F)CC[C@@H]2c3ccc(O)cc3CC[C@H]2C1. The number of aryl methyl sites for hydroxylation is 1. The Labute approximate surface area is 139 Å². The second-order valence-electron chi connectivity index (χ2n) is 7.35. The highest BCUT2D eigenvalue weighted by Gasteiger charge is 2.44. The molecule has 1 saturated carbocycles. The Kier molecular flexibility index (Phi) is 4.29. The molecule has 1 fully saturated rings. The molecule has 0 heterocycles. The van der Waals surface area contributed by atoms with Crippen LogP contribution in [0.2, 0.25) is 0 Å². The van der Waals surface area contributed by atoms with Gasteiger partial charge in [0.25, 0.3) is 0 Å². The average Bonchev–Trinajstić information content (AvgIpc) is 2.51. The number of phenolic OH excluding ortho intramolecular Hbond substituents is 1. The Balaban J connectivity index is 1.78. The standard InChI is InChI=1S/C19H21F3O2/c1-18(17(24)7-9-19(20,21)22)8-6-16-13(11-18)3-2-12-10-14(23)4-5-15(12)16/h4-5,10,13,16-17,23-24H,2-3,6,8,11H2,1H3/t13-,16-,17?,18-/m0/s1. The number of hydrogen-bond donors (Lipinski definition) is 2. The van der Waals surface area contributed by atoms with Gasteiger partial charge in [-0.05, 0) is 67.2 Å². The van der Waals surface area contributed by atoms with E-state index in [2.05, 4.69) is 0 Å². The number of aliphatic hydroxyl groups excluding tert-OH is 1. The van der Waals surface area contributed by atoms with Crippen LogP contribution in [0.5, 0.6) is 5.75 Å². The number of hydrogen-bond acceptors (Lipinski definition) is 2. The first-order chi connectivity index (χ1) is 11.2. The van der Waals surface area contributed by atoms with E-state index < -0.39 is 17.7 Å². The Bertz CT molecular complexity index is 686. The van der Waals surface area contributed by atoms with E-state index in [4.69, 9.17) is 0 Å². The lowest BCUT2D eigenvalue weighted by atomic mass is 9.59. The molecule has 0 aromatic heterocycles. The molecule has 1 unspecified atom stereocenters. The van der Waals surface area contributed by atoms with Crippen LogP contribution in [0, 0.1) is 23.2 Å². The summed E-state index contributed by atoms with van der Waals surface area (Å²) >= 11 is 0. The lowest BCUT2D eigenvalue weighted by molar-refractivity contribution is -0.0704. The van der Waals surface area contributed by atoms with Gasteiger partial charge in [0.2, 0.25) is 0 Å². The number of aliphatic hydroxyl groups is 1. The van der Waals surface area contributed by atoms with Crippen LogP contribution in [0.4, 0.5) is 13.2 Å². The molecule has 1 aromatic carbocycles. The lowest BCUT2D eigenvalue weighted by Crippen LogP contribution is -2.40. The van der Waals surface area contributed by atoms with E-state index in [1.54, 1.807) is 6.07 Å². The Morgan fingerprint density at radius 1 is 1.29 bits per heavy atom. The van der Waals surface area contributed by atoms with Gasteiger partial charge in [-0.2, -0.15) is 13.2 Å². The summed E-state index contributed by atoms with van der Waals surface area (Å²) in [7, 11) is 0. The van der Waals surface area contributed by atoms with Crippen LogP contribution >= 0.6 is 0 Å².